The predicted octanol–water partition coefficient (Wildman–Crippen LogP) is 6.10. The van der Waals surface area contributed by atoms with Crippen molar-refractivity contribution in [3.63, 3.8) is 0 Å². The molecular formula is C32H39Cl2N3O5S. The average Bonchev–Trinajstić information content (AvgIpc) is 2.94. The molecule has 0 fully saturated rings. The van der Waals surface area contributed by atoms with E-state index in [2.05, 4.69) is 5.32 Å². The van der Waals surface area contributed by atoms with Crippen molar-refractivity contribution in [2.75, 3.05) is 23.7 Å². The first-order valence-corrected chi connectivity index (χ1v) is 16.8. The molecule has 1 N–H and O–H groups in total. The summed E-state index contributed by atoms with van der Waals surface area (Å²) in [6.45, 7) is 6.15. The minimum Gasteiger partial charge on any atom is -0.494 e. The van der Waals surface area contributed by atoms with E-state index in [-0.39, 0.29) is 50.2 Å². The maximum Gasteiger partial charge on any atom is 0.243 e. The van der Waals surface area contributed by atoms with E-state index in [1.807, 2.05) is 51.1 Å². The summed E-state index contributed by atoms with van der Waals surface area (Å²) in [5.41, 5.74) is 1.88. The van der Waals surface area contributed by atoms with Crippen LogP contribution in [0, 0.1) is 0 Å². The van der Waals surface area contributed by atoms with Crippen molar-refractivity contribution in [3.05, 3.63) is 94.0 Å². The highest BCUT2D eigenvalue weighted by molar-refractivity contribution is 7.92. The maximum absolute atomic E-state index is 14.0. The fraction of sp³-hybridized carbons (Fsp3) is 0.375. The molecule has 0 heterocycles. The van der Waals surface area contributed by atoms with Crippen LogP contribution in [0.4, 0.5) is 5.69 Å². The normalized spacial score (nSPS) is 12.1. The van der Waals surface area contributed by atoms with Gasteiger partial charge in [0.1, 0.15) is 11.8 Å². The summed E-state index contributed by atoms with van der Waals surface area (Å²) >= 11 is 13.0. The molecular weight excluding hydrogens is 609 g/mol. The lowest BCUT2D eigenvalue weighted by molar-refractivity contribution is -0.141. The van der Waals surface area contributed by atoms with Crippen LogP contribution in [0.1, 0.15) is 44.7 Å². The standard InChI is InChI=1S/C32H39Cl2N3O5S/c1-5-42-26-18-16-25(17-19-26)37(43(4,40)41)20-10-15-31(38)36(22-27-28(33)13-9-14-29(27)34)30(32(39)35-23(2)3)21-24-11-7-6-8-12-24/h6-9,11-14,16-19,23,30H,5,10,15,20-22H2,1-4H3,(H,35,39)/t30-/m1/s1. The second-order valence-electron chi connectivity index (χ2n) is 10.5. The lowest BCUT2D eigenvalue weighted by Crippen LogP contribution is -2.52. The molecule has 0 aliphatic carbocycles. The summed E-state index contributed by atoms with van der Waals surface area (Å²) < 4.78 is 32.1. The molecule has 11 heteroatoms. The zero-order chi connectivity index (χ0) is 31.6. The molecule has 0 saturated carbocycles. The van der Waals surface area contributed by atoms with Crippen molar-refractivity contribution in [1.29, 1.82) is 0 Å². The van der Waals surface area contributed by atoms with Gasteiger partial charge >= 0.3 is 0 Å². The zero-order valence-corrected chi connectivity index (χ0v) is 27.3. The highest BCUT2D eigenvalue weighted by Gasteiger charge is 2.31. The van der Waals surface area contributed by atoms with E-state index in [4.69, 9.17) is 27.9 Å². The second kappa shape index (κ2) is 16.0. The zero-order valence-electron chi connectivity index (χ0n) is 24.9. The number of hydrogen-bond donors (Lipinski definition) is 1. The molecule has 0 spiro atoms. The van der Waals surface area contributed by atoms with Crippen molar-refractivity contribution in [3.8, 4) is 5.75 Å². The Morgan fingerprint density at radius 2 is 1.56 bits per heavy atom. The van der Waals surface area contributed by atoms with Gasteiger partial charge in [-0.3, -0.25) is 13.9 Å². The number of nitrogens with zero attached hydrogens (tertiary/aromatic N) is 2. The fourth-order valence-corrected chi connectivity index (χ4v) is 6.15. The quantitative estimate of drug-likeness (QED) is 0.215. The monoisotopic (exact) mass is 647 g/mol. The molecule has 3 aromatic rings. The molecule has 1 atom stereocenters. The molecule has 3 aromatic carbocycles. The molecule has 0 bridgehead atoms. The summed E-state index contributed by atoms with van der Waals surface area (Å²) in [6, 6.07) is 20.3. The molecule has 3 rings (SSSR count). The summed E-state index contributed by atoms with van der Waals surface area (Å²) in [6.07, 6.45) is 1.61. The van der Waals surface area contributed by atoms with Gasteiger partial charge in [0.25, 0.3) is 0 Å². The van der Waals surface area contributed by atoms with Gasteiger partial charge in [-0.1, -0.05) is 59.6 Å². The number of rotatable bonds is 15. The Labute approximate surface area is 265 Å². The molecule has 232 valence electrons. The molecule has 8 nitrogen and oxygen atoms in total. The van der Waals surface area contributed by atoms with Crippen LogP contribution in [0.15, 0.2) is 72.8 Å². The van der Waals surface area contributed by atoms with Crippen molar-refractivity contribution in [1.82, 2.24) is 10.2 Å². The first-order chi connectivity index (χ1) is 20.4. The number of nitrogens with one attached hydrogen (secondary N) is 1. The minimum atomic E-state index is -3.64. The van der Waals surface area contributed by atoms with Crippen LogP contribution in [-0.2, 0) is 32.6 Å². The van der Waals surface area contributed by atoms with Crippen molar-refractivity contribution in [2.45, 2.75) is 58.7 Å². The molecule has 0 unspecified atom stereocenters. The Balaban J connectivity index is 1.90. The van der Waals surface area contributed by atoms with Gasteiger partial charge in [0.05, 0.1) is 18.6 Å². The van der Waals surface area contributed by atoms with Crippen LogP contribution >= 0.6 is 23.2 Å². The highest BCUT2D eigenvalue weighted by Crippen LogP contribution is 2.28. The molecule has 0 aliphatic rings. The van der Waals surface area contributed by atoms with E-state index in [0.29, 0.717) is 33.7 Å². The second-order valence-corrected chi connectivity index (χ2v) is 13.2. The number of carbonyl (C=O) groups excluding carboxylic acids is 2. The first-order valence-electron chi connectivity index (χ1n) is 14.2. The molecule has 2 amide bonds. The molecule has 0 aromatic heterocycles. The first kappa shape index (κ1) is 34.2. The van der Waals surface area contributed by atoms with Gasteiger partial charge in [-0.2, -0.15) is 0 Å². The van der Waals surface area contributed by atoms with E-state index in [1.165, 1.54) is 9.21 Å². The SMILES string of the molecule is CCOc1ccc(N(CCCC(=O)N(Cc2c(Cl)cccc2Cl)[C@H](Cc2ccccc2)C(=O)NC(C)C)S(C)(=O)=O)cc1. The summed E-state index contributed by atoms with van der Waals surface area (Å²) in [5.74, 6) is 0.00591. The van der Waals surface area contributed by atoms with Crippen LogP contribution < -0.4 is 14.4 Å². The minimum absolute atomic E-state index is 0.00856. The number of benzene rings is 3. The van der Waals surface area contributed by atoms with Gasteiger partial charge in [0.15, 0.2) is 0 Å². The van der Waals surface area contributed by atoms with Gasteiger partial charge in [-0.05, 0) is 69.2 Å². The van der Waals surface area contributed by atoms with Crippen molar-refractivity contribution >= 4 is 50.7 Å². The lowest BCUT2D eigenvalue weighted by atomic mass is 10.0. The number of sulfonamides is 1. The van der Waals surface area contributed by atoms with Gasteiger partial charge in [0, 0.05) is 47.6 Å². The van der Waals surface area contributed by atoms with Crippen LogP contribution in [0.2, 0.25) is 10.0 Å². The Kier molecular flexibility index (Phi) is 12.7. The van der Waals surface area contributed by atoms with Crippen LogP contribution in [0.25, 0.3) is 0 Å². The van der Waals surface area contributed by atoms with Crippen molar-refractivity contribution < 1.29 is 22.7 Å². The van der Waals surface area contributed by atoms with E-state index in [0.717, 1.165) is 11.8 Å². The summed E-state index contributed by atoms with van der Waals surface area (Å²) in [7, 11) is -3.64. The van der Waals surface area contributed by atoms with Gasteiger partial charge < -0.3 is 15.0 Å². The molecule has 43 heavy (non-hydrogen) atoms. The maximum atomic E-state index is 14.0. The van der Waals surface area contributed by atoms with Gasteiger partial charge in [-0.15, -0.1) is 0 Å². The Morgan fingerprint density at radius 3 is 2.12 bits per heavy atom. The summed E-state index contributed by atoms with van der Waals surface area (Å²) in [5, 5.41) is 3.71. The van der Waals surface area contributed by atoms with Crippen molar-refractivity contribution in [2.24, 2.45) is 0 Å². The summed E-state index contributed by atoms with van der Waals surface area (Å²) in [4.78, 5) is 29.0. The lowest BCUT2D eigenvalue weighted by Gasteiger charge is -2.33. The number of amides is 2. The van der Waals surface area contributed by atoms with Crippen LogP contribution in [0.5, 0.6) is 5.75 Å². The average molecular weight is 649 g/mol. The Bertz CT molecular complexity index is 1450. The fourth-order valence-electron chi connectivity index (χ4n) is 4.67. The van der Waals surface area contributed by atoms with Crippen LogP contribution in [-0.4, -0.2) is 56.6 Å². The Morgan fingerprint density at radius 1 is 0.930 bits per heavy atom. The third kappa shape index (κ3) is 10.2. The smallest absolute Gasteiger partial charge is 0.243 e. The van der Waals surface area contributed by atoms with E-state index in [9.17, 15) is 18.0 Å². The highest BCUT2D eigenvalue weighted by atomic mass is 35.5. The molecule has 0 saturated heterocycles. The predicted molar refractivity (Wildman–Crippen MR) is 173 cm³/mol. The van der Waals surface area contributed by atoms with E-state index < -0.39 is 16.1 Å². The largest absolute Gasteiger partial charge is 0.494 e. The number of anilines is 1. The third-order valence-electron chi connectivity index (χ3n) is 6.68. The number of carbonyl (C=O) groups is 2. The van der Waals surface area contributed by atoms with Crippen LogP contribution in [0.3, 0.4) is 0 Å². The third-order valence-corrected chi connectivity index (χ3v) is 8.58. The topological polar surface area (TPSA) is 96.0 Å². The number of ether oxygens (including phenoxy) is 1. The number of halogens is 2. The van der Waals surface area contributed by atoms with E-state index >= 15 is 0 Å². The molecule has 0 radical (unpaired) electrons. The van der Waals surface area contributed by atoms with Gasteiger partial charge in [0.2, 0.25) is 21.8 Å². The number of hydrogen-bond acceptors (Lipinski definition) is 5. The van der Waals surface area contributed by atoms with E-state index in [1.54, 1.807) is 42.5 Å². The molecule has 0 aliphatic heterocycles. The Hall–Kier alpha value is -3.27. The van der Waals surface area contributed by atoms with Gasteiger partial charge in [-0.25, -0.2) is 8.42 Å².